The van der Waals surface area contributed by atoms with Gasteiger partial charge in [0.1, 0.15) is 0 Å². The molecule has 0 N–H and O–H groups in total. The van der Waals surface area contributed by atoms with Gasteiger partial charge in [-0.15, -0.1) is 0 Å². The van der Waals surface area contributed by atoms with Gasteiger partial charge in [0.25, 0.3) is 0 Å². The first kappa shape index (κ1) is 17.9. The fourth-order valence-corrected chi connectivity index (χ4v) is 0. The molecule has 0 saturated heterocycles. The first-order valence-electron chi connectivity index (χ1n) is 0.577. The second-order valence-corrected chi connectivity index (χ2v) is 0. The van der Waals surface area contributed by atoms with Crippen LogP contribution in [0.5, 0.6) is 0 Å². The Hall–Kier alpha value is 1.46. The summed E-state index contributed by atoms with van der Waals surface area (Å²) in [5.74, 6) is 0. The molecule has 0 heterocycles. The normalized spacial score (nSPS) is 2.00. The molecule has 0 saturated carbocycles. The van der Waals surface area contributed by atoms with Crippen LogP contribution in [0, 0.1) is 0 Å². The van der Waals surface area contributed by atoms with Crippen molar-refractivity contribution in [2.45, 2.75) is 0 Å². The summed E-state index contributed by atoms with van der Waals surface area (Å²) in [5, 5.41) is 0. The molecule has 0 aliphatic carbocycles. The van der Waals surface area contributed by atoms with Gasteiger partial charge in [-0.05, 0) is 10.1 Å². The van der Waals surface area contributed by atoms with Crippen molar-refractivity contribution in [3.63, 3.8) is 0 Å². The third kappa shape index (κ3) is 9.82. The van der Waals surface area contributed by atoms with Crippen LogP contribution < -0.4 is 0 Å². The number of rotatable bonds is 0. The molecule has 0 fully saturated rings. The van der Waals surface area contributed by atoms with E-state index in [-0.39, 0.29) is 37.4 Å². The van der Waals surface area contributed by atoms with Crippen LogP contribution in [-0.4, -0.2) is 54.9 Å². The molecule has 0 aromatic rings. The van der Waals surface area contributed by atoms with Gasteiger partial charge in [0.2, 0.25) is 0 Å². The van der Waals surface area contributed by atoms with Crippen LogP contribution in [0.4, 0.5) is 0 Å². The zero-order chi connectivity index (χ0) is 2.00. The quantitative estimate of drug-likeness (QED) is 0.342. The Kier molecular flexibility index (Phi) is 112. The second-order valence-electron chi connectivity index (χ2n) is 0. The fraction of sp³-hybridized carbons (Fsp3) is 0. The Labute approximate surface area is 54.9 Å². The summed E-state index contributed by atoms with van der Waals surface area (Å²) in [6, 6.07) is 0. The molecule has 0 aliphatic rings. The Morgan fingerprint density at radius 1 is 1.25 bits per heavy atom. The first-order chi connectivity index (χ1) is 1.00. The summed E-state index contributed by atoms with van der Waals surface area (Å²) < 4.78 is 0. The molecule has 0 spiro atoms. The standard InChI is InChI=1S/BH3Si.Ga.GeH4.2H/c1-2;;;;/h2H3;;1H4;;. The van der Waals surface area contributed by atoms with Crippen LogP contribution in [0.25, 0.3) is 0 Å². The molecule has 0 bridgehead atoms. The van der Waals surface area contributed by atoms with Gasteiger partial charge in [0.15, 0.2) is 0 Å². The monoisotopic (exact) mass is 191 g/mol. The van der Waals surface area contributed by atoms with E-state index in [1.54, 1.807) is 0 Å². The predicted molar refractivity (Wildman–Crippen MR) is 35.6 cm³/mol. The van der Waals surface area contributed by atoms with Gasteiger partial charge in [0.05, 0.1) is 0 Å². The molecule has 0 aromatic carbocycles. The van der Waals surface area contributed by atoms with Gasteiger partial charge in [-0.1, -0.05) is 0 Å². The predicted octanol–water partition coefficient (Wildman–Crippen LogP) is -3.93. The van der Waals surface area contributed by atoms with Crippen LogP contribution in [-0.2, 0) is 0 Å². The molecule has 23 valence electrons. The Bertz CT molecular complexity index is 8.00. The van der Waals surface area contributed by atoms with Gasteiger partial charge in [0, 0.05) is 7.44 Å². The van der Waals surface area contributed by atoms with Gasteiger partial charge in [-0.2, -0.15) is 0 Å². The van der Waals surface area contributed by atoms with Crippen molar-refractivity contribution in [2.24, 2.45) is 0 Å². The molecule has 0 atom stereocenters. The topological polar surface area (TPSA) is 0 Å². The van der Waals surface area contributed by atoms with E-state index < -0.39 is 0 Å². The van der Waals surface area contributed by atoms with E-state index in [1.165, 1.54) is 0 Å². The van der Waals surface area contributed by atoms with Gasteiger partial charge < -0.3 is 0 Å². The molecule has 0 unspecified atom stereocenters. The molecule has 4 heteroatoms. The van der Waals surface area contributed by atoms with Crippen LogP contribution in [0.3, 0.4) is 0 Å². The van der Waals surface area contributed by atoms with Crippen molar-refractivity contribution in [1.29, 1.82) is 0 Å². The summed E-state index contributed by atoms with van der Waals surface area (Å²) >= 11 is 0. The summed E-state index contributed by atoms with van der Waals surface area (Å²) in [6.07, 6.45) is 0. The SMILES string of the molecule is [B][SiH3].[GaH2].[GeH4]. The average molecular weight is 190 g/mol. The molecular formula is H9BGaGeSi. The van der Waals surface area contributed by atoms with Gasteiger partial charge in [-0.3, -0.25) is 0 Å². The van der Waals surface area contributed by atoms with E-state index in [0.717, 1.165) is 10.1 Å². The molecule has 0 aromatic heterocycles. The molecular weight excluding hydrogens is 181 g/mol. The third-order valence-electron chi connectivity index (χ3n) is 0. The van der Waals surface area contributed by atoms with Gasteiger partial charge >= 0.3 is 37.4 Å². The van der Waals surface area contributed by atoms with Gasteiger partial charge in [-0.25, -0.2) is 0 Å². The van der Waals surface area contributed by atoms with E-state index in [0.29, 0.717) is 0 Å². The molecule has 0 rings (SSSR count). The summed E-state index contributed by atoms with van der Waals surface area (Å²) in [7, 11) is 5.44. The number of hydrogen-bond donors (Lipinski definition) is 0. The van der Waals surface area contributed by atoms with E-state index >= 15 is 0 Å². The Morgan fingerprint density at radius 3 is 1.25 bits per heavy atom. The van der Waals surface area contributed by atoms with E-state index in [2.05, 4.69) is 7.44 Å². The van der Waals surface area contributed by atoms with Crippen LogP contribution in [0.1, 0.15) is 0 Å². The Balaban J connectivity index is -0.00000000500. The minimum atomic E-state index is 0. The first-order valence-corrected chi connectivity index (χ1v) is 1.73. The maximum atomic E-state index is 4.64. The second kappa shape index (κ2) is 25.0. The minimum absolute atomic E-state index is 0. The fourth-order valence-electron chi connectivity index (χ4n) is 0. The average Bonchev–Trinajstić information content (AvgIpc) is 1.00. The van der Waals surface area contributed by atoms with Crippen molar-refractivity contribution < 1.29 is 0 Å². The Morgan fingerprint density at radius 2 is 1.25 bits per heavy atom. The maximum absolute atomic E-state index is 4.64. The molecule has 0 nitrogen and oxygen atoms in total. The van der Waals surface area contributed by atoms with Crippen molar-refractivity contribution >= 4 is 54.9 Å². The van der Waals surface area contributed by atoms with Crippen molar-refractivity contribution in [3.8, 4) is 0 Å². The van der Waals surface area contributed by atoms with E-state index in [9.17, 15) is 0 Å². The van der Waals surface area contributed by atoms with E-state index in [1.807, 2.05) is 0 Å². The zero-order valence-corrected chi connectivity index (χ0v) is 8.77. The van der Waals surface area contributed by atoms with Crippen LogP contribution in [0.15, 0.2) is 0 Å². The molecule has 3 radical (unpaired) electrons. The van der Waals surface area contributed by atoms with Crippen molar-refractivity contribution in [3.05, 3.63) is 0 Å². The third-order valence-corrected chi connectivity index (χ3v) is 0. The zero-order valence-electron chi connectivity index (χ0n) is 2.58. The van der Waals surface area contributed by atoms with Crippen LogP contribution >= 0.6 is 0 Å². The molecule has 0 aliphatic heterocycles. The van der Waals surface area contributed by atoms with Crippen molar-refractivity contribution in [2.75, 3.05) is 0 Å². The summed E-state index contributed by atoms with van der Waals surface area (Å²) in [6.45, 7) is 0. The summed E-state index contributed by atoms with van der Waals surface area (Å²) in [4.78, 5) is 0. The number of hydrogen-bond acceptors (Lipinski definition) is 0. The summed E-state index contributed by atoms with van der Waals surface area (Å²) in [5.41, 5.74) is 0. The van der Waals surface area contributed by atoms with Crippen molar-refractivity contribution in [1.82, 2.24) is 0 Å². The molecule has 4 heavy (non-hydrogen) atoms. The molecule has 0 amide bonds. The van der Waals surface area contributed by atoms with Crippen LogP contribution in [0.2, 0.25) is 0 Å². The van der Waals surface area contributed by atoms with E-state index in [4.69, 9.17) is 0 Å².